The lowest BCUT2D eigenvalue weighted by atomic mass is 9.99. The minimum Gasteiger partial charge on any atom is -0.477 e. The molecule has 2 rings (SSSR count). The van der Waals surface area contributed by atoms with Crippen LogP contribution in [0.15, 0.2) is 18.3 Å². The summed E-state index contributed by atoms with van der Waals surface area (Å²) in [6.07, 6.45) is 1.36. The first-order chi connectivity index (χ1) is 9.31. The second kappa shape index (κ2) is 5.20. The Labute approximate surface area is 118 Å². The van der Waals surface area contributed by atoms with Gasteiger partial charge in [-0.2, -0.15) is 0 Å². The van der Waals surface area contributed by atoms with Crippen LogP contribution in [0.4, 0.5) is 0 Å². The van der Waals surface area contributed by atoms with Gasteiger partial charge in [0.1, 0.15) is 5.69 Å². The van der Waals surface area contributed by atoms with E-state index in [1.807, 2.05) is 7.05 Å². The zero-order chi connectivity index (χ0) is 14.9. The molecule has 0 saturated carbocycles. The summed E-state index contributed by atoms with van der Waals surface area (Å²) in [5.74, 6) is -1.27. The van der Waals surface area contributed by atoms with Crippen LogP contribution in [0.5, 0.6) is 0 Å². The van der Waals surface area contributed by atoms with Crippen LogP contribution in [-0.2, 0) is 0 Å². The van der Waals surface area contributed by atoms with Gasteiger partial charge in [0.25, 0.3) is 5.91 Å². The van der Waals surface area contributed by atoms with Crippen LogP contribution in [0.1, 0.15) is 34.7 Å². The van der Waals surface area contributed by atoms with E-state index in [0.29, 0.717) is 18.7 Å². The summed E-state index contributed by atoms with van der Waals surface area (Å²) in [6.45, 7) is 6.23. The number of rotatable bonds is 2. The monoisotopic (exact) mass is 277 g/mol. The molecule has 1 aromatic rings. The summed E-state index contributed by atoms with van der Waals surface area (Å²) >= 11 is 0. The fourth-order valence-electron chi connectivity index (χ4n) is 2.28. The van der Waals surface area contributed by atoms with Crippen LogP contribution in [0.3, 0.4) is 0 Å². The molecule has 1 aliphatic heterocycles. The fraction of sp³-hybridized carbons (Fsp3) is 0.500. The number of carbonyl (C=O) groups excluding carboxylic acids is 1. The van der Waals surface area contributed by atoms with Crippen LogP contribution in [-0.4, -0.2) is 64.0 Å². The van der Waals surface area contributed by atoms with Crippen molar-refractivity contribution in [2.75, 3.05) is 26.7 Å². The average molecular weight is 277 g/mol. The van der Waals surface area contributed by atoms with Gasteiger partial charge in [0.05, 0.1) is 0 Å². The molecule has 1 amide bonds. The Morgan fingerprint density at radius 3 is 2.65 bits per heavy atom. The van der Waals surface area contributed by atoms with Gasteiger partial charge in [-0.1, -0.05) is 0 Å². The Bertz CT molecular complexity index is 542. The molecule has 0 bridgehead atoms. The molecule has 0 aromatic carbocycles. The zero-order valence-corrected chi connectivity index (χ0v) is 12.0. The maximum absolute atomic E-state index is 12.5. The van der Waals surface area contributed by atoms with Gasteiger partial charge < -0.3 is 10.0 Å². The molecule has 1 N–H and O–H groups in total. The van der Waals surface area contributed by atoms with Crippen molar-refractivity contribution in [2.24, 2.45) is 0 Å². The largest absolute Gasteiger partial charge is 0.477 e. The first-order valence-corrected chi connectivity index (χ1v) is 6.51. The Balaban J connectivity index is 2.20. The Morgan fingerprint density at radius 2 is 2.05 bits per heavy atom. The van der Waals surface area contributed by atoms with Crippen LogP contribution >= 0.6 is 0 Å². The number of carboxylic acid groups (broad SMARTS) is 1. The van der Waals surface area contributed by atoms with E-state index in [-0.39, 0.29) is 17.1 Å². The van der Waals surface area contributed by atoms with Crippen molar-refractivity contribution in [2.45, 2.75) is 19.4 Å². The van der Waals surface area contributed by atoms with Crippen molar-refractivity contribution in [3.05, 3.63) is 29.6 Å². The Hall–Kier alpha value is -1.95. The number of amides is 1. The first kappa shape index (κ1) is 14.5. The van der Waals surface area contributed by atoms with E-state index in [1.54, 1.807) is 11.0 Å². The van der Waals surface area contributed by atoms with E-state index in [0.717, 1.165) is 6.54 Å². The topological polar surface area (TPSA) is 73.7 Å². The van der Waals surface area contributed by atoms with Crippen LogP contribution in [0.2, 0.25) is 0 Å². The van der Waals surface area contributed by atoms with Gasteiger partial charge in [-0.25, -0.2) is 9.78 Å². The zero-order valence-electron chi connectivity index (χ0n) is 12.0. The third-order valence-corrected chi connectivity index (χ3v) is 3.83. The number of carboxylic acids is 1. The number of hydrogen-bond acceptors (Lipinski definition) is 4. The standard InChI is InChI=1S/C14H19N3O3/c1-14(2)9-17(7-6-16(14)3)12(18)10-4-5-15-11(8-10)13(19)20/h4-5,8H,6-7,9H2,1-3H3,(H,19,20). The van der Waals surface area contributed by atoms with Gasteiger partial charge >= 0.3 is 5.97 Å². The lowest BCUT2D eigenvalue weighted by molar-refractivity contribution is 0.0311. The highest BCUT2D eigenvalue weighted by Crippen LogP contribution is 2.20. The van der Waals surface area contributed by atoms with Crippen molar-refractivity contribution in [1.82, 2.24) is 14.8 Å². The smallest absolute Gasteiger partial charge is 0.354 e. The minimum atomic E-state index is -1.13. The van der Waals surface area contributed by atoms with Gasteiger partial charge in [0.15, 0.2) is 0 Å². The molecule has 108 valence electrons. The van der Waals surface area contributed by atoms with E-state index in [4.69, 9.17) is 5.11 Å². The normalized spacial score (nSPS) is 18.9. The fourth-order valence-corrected chi connectivity index (χ4v) is 2.28. The third-order valence-electron chi connectivity index (χ3n) is 3.83. The highest BCUT2D eigenvalue weighted by Gasteiger charge is 2.33. The van der Waals surface area contributed by atoms with E-state index in [2.05, 4.69) is 23.7 Å². The molecule has 6 nitrogen and oxygen atoms in total. The van der Waals surface area contributed by atoms with Crippen molar-refractivity contribution >= 4 is 11.9 Å². The lowest BCUT2D eigenvalue weighted by Crippen LogP contribution is -2.58. The molecule has 1 aromatic heterocycles. The number of nitrogens with zero attached hydrogens (tertiary/aromatic N) is 3. The van der Waals surface area contributed by atoms with Crippen LogP contribution in [0, 0.1) is 0 Å². The van der Waals surface area contributed by atoms with Crippen LogP contribution < -0.4 is 0 Å². The molecule has 20 heavy (non-hydrogen) atoms. The van der Waals surface area contributed by atoms with Crippen LogP contribution in [0.25, 0.3) is 0 Å². The van der Waals surface area contributed by atoms with Gasteiger partial charge in [-0.15, -0.1) is 0 Å². The van der Waals surface area contributed by atoms with Gasteiger partial charge in [-0.3, -0.25) is 9.69 Å². The summed E-state index contributed by atoms with van der Waals surface area (Å²) < 4.78 is 0. The number of piperazine rings is 1. The summed E-state index contributed by atoms with van der Waals surface area (Å²) in [6, 6.07) is 2.88. The molecule has 6 heteroatoms. The number of hydrogen-bond donors (Lipinski definition) is 1. The molecule has 0 spiro atoms. The van der Waals surface area contributed by atoms with Crippen molar-refractivity contribution in [3.63, 3.8) is 0 Å². The quantitative estimate of drug-likeness (QED) is 0.871. The predicted molar refractivity (Wildman–Crippen MR) is 73.8 cm³/mol. The molecule has 1 saturated heterocycles. The Kier molecular flexibility index (Phi) is 3.76. The molecule has 2 heterocycles. The summed E-state index contributed by atoms with van der Waals surface area (Å²) in [4.78, 5) is 31.1. The molecule has 0 unspecified atom stereocenters. The maximum Gasteiger partial charge on any atom is 0.354 e. The van der Waals surface area contributed by atoms with Crippen molar-refractivity contribution in [3.8, 4) is 0 Å². The number of carbonyl (C=O) groups is 2. The second-order valence-corrected chi connectivity index (χ2v) is 5.70. The summed E-state index contributed by atoms with van der Waals surface area (Å²) in [5.41, 5.74) is 0.179. The highest BCUT2D eigenvalue weighted by molar-refractivity contribution is 5.96. The molecule has 0 aliphatic carbocycles. The first-order valence-electron chi connectivity index (χ1n) is 6.51. The van der Waals surface area contributed by atoms with Crippen molar-refractivity contribution < 1.29 is 14.7 Å². The van der Waals surface area contributed by atoms with E-state index < -0.39 is 5.97 Å². The number of pyridine rings is 1. The van der Waals surface area contributed by atoms with E-state index in [1.165, 1.54) is 12.3 Å². The second-order valence-electron chi connectivity index (χ2n) is 5.70. The highest BCUT2D eigenvalue weighted by atomic mass is 16.4. The average Bonchev–Trinajstić information content (AvgIpc) is 2.41. The van der Waals surface area contributed by atoms with E-state index >= 15 is 0 Å². The maximum atomic E-state index is 12.5. The minimum absolute atomic E-state index is 0.0867. The molecule has 1 aliphatic rings. The number of aromatic carboxylic acids is 1. The third kappa shape index (κ3) is 2.80. The van der Waals surface area contributed by atoms with E-state index in [9.17, 15) is 9.59 Å². The molecular weight excluding hydrogens is 258 g/mol. The number of likely N-dealkylation sites (N-methyl/N-ethyl adjacent to an activating group) is 1. The van der Waals surface area contributed by atoms with Gasteiger partial charge in [0.2, 0.25) is 0 Å². The number of aromatic nitrogens is 1. The predicted octanol–water partition coefficient (Wildman–Crippen LogP) is 0.946. The van der Waals surface area contributed by atoms with Gasteiger partial charge in [-0.05, 0) is 33.0 Å². The summed E-state index contributed by atoms with van der Waals surface area (Å²) in [7, 11) is 2.04. The molecule has 0 atom stereocenters. The SMILES string of the molecule is CN1CCN(C(=O)c2ccnc(C(=O)O)c2)CC1(C)C. The molecular formula is C14H19N3O3. The van der Waals surface area contributed by atoms with Gasteiger partial charge in [0, 0.05) is 36.9 Å². The summed E-state index contributed by atoms with van der Waals surface area (Å²) in [5, 5.41) is 8.93. The Morgan fingerprint density at radius 1 is 1.35 bits per heavy atom. The lowest BCUT2D eigenvalue weighted by Gasteiger charge is -2.45. The van der Waals surface area contributed by atoms with Crippen molar-refractivity contribution in [1.29, 1.82) is 0 Å². The molecule has 0 radical (unpaired) electrons. The molecule has 1 fully saturated rings.